The van der Waals surface area contributed by atoms with Crippen molar-refractivity contribution in [2.24, 2.45) is 5.73 Å². The second-order valence-corrected chi connectivity index (χ2v) is 4.77. The highest BCUT2D eigenvalue weighted by Gasteiger charge is 2.23. The summed E-state index contributed by atoms with van der Waals surface area (Å²) in [6.45, 7) is 2.13. The Hall–Kier alpha value is -2.90. The molecule has 0 bridgehead atoms. The maximum atomic E-state index is 12.3. The molecule has 1 aromatic carbocycles. The van der Waals surface area contributed by atoms with E-state index in [0.29, 0.717) is 6.54 Å². The van der Waals surface area contributed by atoms with Crippen LogP contribution in [0.15, 0.2) is 24.3 Å². The Kier molecular flexibility index (Phi) is 6.72. The molecule has 0 spiro atoms. The summed E-state index contributed by atoms with van der Waals surface area (Å²) in [7, 11) is 0. The Bertz CT molecular complexity index is 615. The van der Waals surface area contributed by atoms with Crippen molar-refractivity contribution in [3.63, 3.8) is 0 Å². The second-order valence-electron chi connectivity index (χ2n) is 4.77. The molecule has 0 saturated carbocycles. The molecule has 1 aromatic rings. The second kappa shape index (κ2) is 8.52. The molecule has 8 heteroatoms. The van der Waals surface area contributed by atoms with Crippen molar-refractivity contribution in [2.75, 3.05) is 6.54 Å². The van der Waals surface area contributed by atoms with Gasteiger partial charge in [-0.25, -0.2) is 4.79 Å². The van der Waals surface area contributed by atoms with E-state index in [9.17, 15) is 19.2 Å². The topological polar surface area (TPSA) is 139 Å². The van der Waals surface area contributed by atoms with Gasteiger partial charge in [-0.15, -0.1) is 0 Å². The molecule has 23 heavy (non-hydrogen) atoms. The van der Waals surface area contributed by atoms with Crippen LogP contribution < -0.4 is 16.4 Å². The number of carbonyl (C=O) groups excluding carboxylic acids is 3. The molecule has 1 rings (SSSR count). The summed E-state index contributed by atoms with van der Waals surface area (Å²) in [5, 5.41) is 14.0. The number of hydrogen-bond donors (Lipinski definition) is 4. The van der Waals surface area contributed by atoms with Gasteiger partial charge in [-0.1, -0.05) is 12.1 Å². The van der Waals surface area contributed by atoms with Crippen LogP contribution in [0.25, 0.3) is 0 Å². The zero-order valence-corrected chi connectivity index (χ0v) is 12.7. The molecule has 5 N–H and O–H groups in total. The van der Waals surface area contributed by atoms with Crippen molar-refractivity contribution in [3.8, 4) is 0 Å². The number of carboxylic acid groups (broad SMARTS) is 1. The van der Waals surface area contributed by atoms with Gasteiger partial charge >= 0.3 is 5.97 Å². The molecular formula is C15H19N3O5. The summed E-state index contributed by atoms with van der Waals surface area (Å²) in [5.74, 6) is -3.07. The summed E-state index contributed by atoms with van der Waals surface area (Å²) >= 11 is 0. The smallest absolute Gasteiger partial charge is 0.326 e. The highest BCUT2D eigenvalue weighted by Crippen LogP contribution is 2.10. The van der Waals surface area contributed by atoms with E-state index in [2.05, 4.69) is 10.6 Å². The predicted molar refractivity (Wildman–Crippen MR) is 81.8 cm³/mol. The Morgan fingerprint density at radius 1 is 1.13 bits per heavy atom. The number of rotatable bonds is 8. The minimum absolute atomic E-state index is 0.0591. The fourth-order valence-corrected chi connectivity index (χ4v) is 1.91. The minimum atomic E-state index is -1.28. The quantitative estimate of drug-likeness (QED) is 0.529. The van der Waals surface area contributed by atoms with E-state index < -0.39 is 29.7 Å². The summed E-state index contributed by atoms with van der Waals surface area (Å²) in [6.07, 6.45) is -0.297. The lowest BCUT2D eigenvalue weighted by Gasteiger charge is -2.15. The highest BCUT2D eigenvalue weighted by atomic mass is 16.4. The zero-order chi connectivity index (χ0) is 17.4. The number of benzene rings is 1. The average molecular weight is 321 g/mol. The monoisotopic (exact) mass is 321 g/mol. The summed E-state index contributed by atoms with van der Waals surface area (Å²) in [4.78, 5) is 46.1. The maximum absolute atomic E-state index is 12.3. The Morgan fingerprint density at radius 3 is 2.17 bits per heavy atom. The molecule has 0 aliphatic heterocycles. The molecule has 1 atom stereocenters. The number of amides is 3. The molecule has 0 radical (unpaired) electrons. The predicted octanol–water partition coefficient (Wildman–Crippen LogP) is -0.115. The van der Waals surface area contributed by atoms with E-state index in [1.54, 1.807) is 19.1 Å². The highest BCUT2D eigenvalue weighted by molar-refractivity contribution is 6.07. The minimum Gasteiger partial charge on any atom is -0.480 e. The lowest BCUT2D eigenvalue weighted by Crippen LogP contribution is -2.42. The first-order chi connectivity index (χ1) is 10.9. The van der Waals surface area contributed by atoms with Crippen molar-refractivity contribution in [2.45, 2.75) is 25.8 Å². The first kappa shape index (κ1) is 18.1. The zero-order valence-electron chi connectivity index (χ0n) is 12.7. The van der Waals surface area contributed by atoms with Crippen molar-refractivity contribution < 1.29 is 24.3 Å². The van der Waals surface area contributed by atoms with Gasteiger partial charge < -0.3 is 21.5 Å². The van der Waals surface area contributed by atoms with Crippen LogP contribution in [-0.2, 0) is 9.59 Å². The van der Waals surface area contributed by atoms with Crippen LogP contribution in [0.2, 0.25) is 0 Å². The van der Waals surface area contributed by atoms with Gasteiger partial charge in [0.15, 0.2) is 0 Å². The third-order valence-electron chi connectivity index (χ3n) is 3.04. The van der Waals surface area contributed by atoms with Crippen LogP contribution in [0, 0.1) is 0 Å². The van der Waals surface area contributed by atoms with Gasteiger partial charge in [0.1, 0.15) is 6.04 Å². The van der Waals surface area contributed by atoms with E-state index in [1.807, 2.05) is 0 Å². The largest absolute Gasteiger partial charge is 0.480 e. The number of aliphatic carboxylic acids is 1. The molecule has 0 aliphatic rings. The number of primary amides is 1. The fourth-order valence-electron chi connectivity index (χ4n) is 1.91. The Labute approximate surface area is 133 Å². The van der Waals surface area contributed by atoms with Crippen molar-refractivity contribution in [1.29, 1.82) is 0 Å². The summed E-state index contributed by atoms with van der Waals surface area (Å²) < 4.78 is 0. The third-order valence-corrected chi connectivity index (χ3v) is 3.04. The van der Waals surface area contributed by atoms with Crippen LogP contribution in [0.1, 0.15) is 40.5 Å². The van der Waals surface area contributed by atoms with Crippen LogP contribution in [-0.4, -0.2) is 41.4 Å². The van der Waals surface area contributed by atoms with Gasteiger partial charge in [-0.3, -0.25) is 14.4 Å². The Balaban J connectivity index is 2.93. The first-order valence-electron chi connectivity index (χ1n) is 7.06. The van der Waals surface area contributed by atoms with Crippen molar-refractivity contribution in [1.82, 2.24) is 10.6 Å². The van der Waals surface area contributed by atoms with E-state index in [1.165, 1.54) is 12.1 Å². The standard InChI is InChI=1S/C15H19N3O5/c1-2-17-13(20)9-5-3-4-6-10(9)14(21)18-11(15(22)23)7-8-12(16)19/h3-6,11H,2,7-8H2,1H3,(H2,16,19)(H,17,20)(H,18,21)(H,22,23)/t11-/m0/s1. The molecule has 0 fully saturated rings. The summed E-state index contributed by atoms with van der Waals surface area (Å²) in [5.41, 5.74) is 5.19. The Morgan fingerprint density at radius 2 is 1.70 bits per heavy atom. The van der Waals surface area contributed by atoms with E-state index in [-0.39, 0.29) is 24.0 Å². The van der Waals surface area contributed by atoms with Crippen LogP contribution in [0.4, 0.5) is 0 Å². The molecule has 0 unspecified atom stereocenters. The molecular weight excluding hydrogens is 302 g/mol. The molecule has 124 valence electrons. The number of nitrogens with one attached hydrogen (secondary N) is 2. The molecule has 3 amide bonds. The van der Waals surface area contributed by atoms with Crippen molar-refractivity contribution >= 4 is 23.7 Å². The molecule has 0 heterocycles. The average Bonchev–Trinajstić information content (AvgIpc) is 2.50. The van der Waals surface area contributed by atoms with Gasteiger partial charge in [-0.2, -0.15) is 0 Å². The van der Waals surface area contributed by atoms with Gasteiger partial charge in [0.2, 0.25) is 5.91 Å². The lowest BCUT2D eigenvalue weighted by molar-refractivity contribution is -0.139. The number of carbonyl (C=O) groups is 4. The van der Waals surface area contributed by atoms with Gasteiger partial charge in [0.25, 0.3) is 11.8 Å². The lowest BCUT2D eigenvalue weighted by atomic mass is 10.0. The van der Waals surface area contributed by atoms with Crippen molar-refractivity contribution in [3.05, 3.63) is 35.4 Å². The first-order valence-corrected chi connectivity index (χ1v) is 7.06. The summed E-state index contributed by atoms with van der Waals surface area (Å²) in [6, 6.07) is 4.80. The number of carboxylic acids is 1. The molecule has 0 aromatic heterocycles. The van der Waals surface area contributed by atoms with E-state index in [0.717, 1.165) is 0 Å². The number of nitrogens with two attached hydrogens (primary N) is 1. The van der Waals surface area contributed by atoms with Gasteiger partial charge in [0.05, 0.1) is 11.1 Å². The van der Waals surface area contributed by atoms with E-state index in [4.69, 9.17) is 10.8 Å². The van der Waals surface area contributed by atoms with Crippen LogP contribution >= 0.6 is 0 Å². The number of hydrogen-bond acceptors (Lipinski definition) is 4. The van der Waals surface area contributed by atoms with Crippen LogP contribution in [0.5, 0.6) is 0 Å². The maximum Gasteiger partial charge on any atom is 0.326 e. The SMILES string of the molecule is CCNC(=O)c1ccccc1C(=O)N[C@@H](CCC(N)=O)C(=O)O. The fraction of sp³-hybridized carbons (Fsp3) is 0.333. The third kappa shape index (κ3) is 5.42. The molecule has 8 nitrogen and oxygen atoms in total. The van der Waals surface area contributed by atoms with E-state index >= 15 is 0 Å². The molecule has 0 aliphatic carbocycles. The van der Waals surface area contributed by atoms with Crippen LogP contribution in [0.3, 0.4) is 0 Å². The normalized spacial score (nSPS) is 11.3. The van der Waals surface area contributed by atoms with Gasteiger partial charge in [0, 0.05) is 13.0 Å². The van der Waals surface area contributed by atoms with Gasteiger partial charge in [-0.05, 0) is 25.5 Å². The molecule has 0 saturated heterocycles.